The molecule has 48 heavy (non-hydrogen) atoms. The Hall–Kier alpha value is -5.30. The van der Waals surface area contributed by atoms with Gasteiger partial charge >= 0.3 is 0 Å². The van der Waals surface area contributed by atoms with Crippen molar-refractivity contribution < 1.29 is 13.9 Å². The summed E-state index contributed by atoms with van der Waals surface area (Å²) in [6.07, 6.45) is 1.78. The van der Waals surface area contributed by atoms with Crippen LogP contribution >= 0.6 is 0 Å². The molecule has 1 unspecified atom stereocenters. The molecule has 1 N–H and O–H groups in total. The Morgan fingerprint density at radius 2 is 1.48 bits per heavy atom. The molecule has 0 radical (unpaired) electrons. The van der Waals surface area contributed by atoms with Crippen molar-refractivity contribution in [3.8, 4) is 17.0 Å². The van der Waals surface area contributed by atoms with Gasteiger partial charge in [0, 0.05) is 24.3 Å². The minimum atomic E-state index is -0.586. The van der Waals surface area contributed by atoms with E-state index in [0.717, 1.165) is 61.8 Å². The average Bonchev–Trinajstić information content (AvgIpc) is 3.43. The van der Waals surface area contributed by atoms with Crippen LogP contribution in [0.4, 0.5) is 4.39 Å². The Bertz CT molecular complexity index is 1990. The van der Waals surface area contributed by atoms with Crippen molar-refractivity contribution >= 4 is 16.9 Å². The highest BCUT2D eigenvalue weighted by Crippen LogP contribution is 2.40. The fraction of sp³-hybridized carbons (Fsp3) is 0.244. The smallest absolute Gasteiger partial charge is 0.243 e. The molecule has 7 heteroatoms. The van der Waals surface area contributed by atoms with Crippen molar-refractivity contribution in [2.24, 2.45) is 0 Å². The number of halogens is 1. The van der Waals surface area contributed by atoms with E-state index >= 15 is 0 Å². The first-order chi connectivity index (χ1) is 23.3. The summed E-state index contributed by atoms with van der Waals surface area (Å²) in [7, 11) is 1.64. The predicted molar refractivity (Wildman–Crippen MR) is 190 cm³/mol. The van der Waals surface area contributed by atoms with Crippen molar-refractivity contribution in [2.45, 2.75) is 58.5 Å². The molecule has 0 saturated heterocycles. The minimum absolute atomic E-state index is 0.0869. The number of carbonyl (C=O) groups is 1. The molecule has 0 aliphatic carbocycles. The molecule has 1 amide bonds. The highest BCUT2D eigenvalue weighted by molar-refractivity contribution is 5.94. The van der Waals surface area contributed by atoms with E-state index in [9.17, 15) is 9.18 Å². The third-order valence-corrected chi connectivity index (χ3v) is 8.79. The number of fused-ring (bicyclic) bond motifs is 1. The first-order valence-electron chi connectivity index (χ1n) is 16.5. The molecule has 2 heterocycles. The maximum absolute atomic E-state index is 14.6. The standard InChI is InChI=1S/C41H41FN4O2/c1-27(2)39-44-28(3)37-35(25-30-15-20-33(42)21-16-30)38(32-13-9-6-10-14-32)46(40(37)45-39)36(24-19-29-11-7-5-8-12-29)41(47)43-26-31-17-22-34(48-4)23-18-31/h5-18,20-23,27,36H,19,24-26H2,1-4H3,(H,43,47). The molecule has 2 aromatic heterocycles. The summed E-state index contributed by atoms with van der Waals surface area (Å²) in [4.78, 5) is 24.7. The van der Waals surface area contributed by atoms with E-state index in [4.69, 9.17) is 14.7 Å². The van der Waals surface area contributed by atoms with Gasteiger partial charge in [0.2, 0.25) is 5.91 Å². The summed E-state index contributed by atoms with van der Waals surface area (Å²) in [6, 6.07) is 34.2. The summed E-state index contributed by atoms with van der Waals surface area (Å²) in [5, 5.41) is 4.17. The second-order valence-corrected chi connectivity index (χ2v) is 12.5. The Morgan fingerprint density at radius 1 is 0.833 bits per heavy atom. The van der Waals surface area contributed by atoms with Gasteiger partial charge in [-0.2, -0.15) is 0 Å². The lowest BCUT2D eigenvalue weighted by Gasteiger charge is -2.23. The summed E-state index contributed by atoms with van der Waals surface area (Å²) in [5.41, 5.74) is 7.61. The van der Waals surface area contributed by atoms with Crippen LogP contribution in [0.15, 0.2) is 109 Å². The van der Waals surface area contributed by atoms with Crippen LogP contribution in [0.1, 0.15) is 66.0 Å². The number of rotatable bonds is 12. The Kier molecular flexibility index (Phi) is 9.95. The van der Waals surface area contributed by atoms with Gasteiger partial charge in [-0.15, -0.1) is 0 Å². The summed E-state index contributed by atoms with van der Waals surface area (Å²) < 4.78 is 21.5. The molecule has 6 nitrogen and oxygen atoms in total. The quantitative estimate of drug-likeness (QED) is 0.145. The van der Waals surface area contributed by atoms with Crippen LogP contribution in [0.5, 0.6) is 5.75 Å². The number of amides is 1. The zero-order valence-electron chi connectivity index (χ0n) is 27.9. The number of nitrogens with zero attached hydrogens (tertiary/aromatic N) is 3. The van der Waals surface area contributed by atoms with Crippen LogP contribution in [-0.2, 0) is 24.2 Å². The molecule has 0 bridgehead atoms. The van der Waals surface area contributed by atoms with E-state index in [-0.39, 0.29) is 17.6 Å². The maximum atomic E-state index is 14.6. The second kappa shape index (κ2) is 14.6. The number of carbonyl (C=O) groups excluding carboxylic acids is 1. The average molecular weight is 641 g/mol. The van der Waals surface area contributed by atoms with Gasteiger partial charge in [0.05, 0.1) is 18.5 Å². The number of hydrogen-bond acceptors (Lipinski definition) is 4. The van der Waals surface area contributed by atoms with Crippen LogP contribution in [0, 0.1) is 12.7 Å². The van der Waals surface area contributed by atoms with Gasteiger partial charge in [0.1, 0.15) is 29.1 Å². The highest BCUT2D eigenvalue weighted by atomic mass is 19.1. The van der Waals surface area contributed by atoms with E-state index in [1.807, 2.05) is 79.7 Å². The molecule has 1 atom stereocenters. The van der Waals surface area contributed by atoms with Crippen LogP contribution in [-0.4, -0.2) is 27.6 Å². The maximum Gasteiger partial charge on any atom is 0.243 e. The molecule has 6 rings (SSSR count). The molecule has 0 aliphatic heterocycles. The molecular weight excluding hydrogens is 599 g/mol. The number of benzene rings is 4. The molecule has 6 aromatic rings. The number of nitrogens with one attached hydrogen (secondary N) is 1. The SMILES string of the molecule is COc1ccc(CNC(=O)C(CCc2ccccc2)n2c(-c3ccccc3)c(Cc3ccc(F)cc3)c3c(C)nc(C(C)C)nc32)cc1. The first-order valence-corrected chi connectivity index (χ1v) is 16.5. The fourth-order valence-electron chi connectivity index (χ4n) is 6.30. The number of aryl methyl sites for hydroxylation is 2. The van der Waals surface area contributed by atoms with E-state index in [1.54, 1.807) is 7.11 Å². The van der Waals surface area contributed by atoms with E-state index in [0.29, 0.717) is 25.8 Å². The van der Waals surface area contributed by atoms with Crippen molar-refractivity contribution in [3.05, 3.63) is 149 Å². The lowest BCUT2D eigenvalue weighted by atomic mass is 9.97. The molecule has 244 valence electrons. The van der Waals surface area contributed by atoms with Gasteiger partial charge in [-0.05, 0) is 71.8 Å². The van der Waals surface area contributed by atoms with Crippen molar-refractivity contribution in [1.29, 1.82) is 0 Å². The molecular formula is C41H41FN4O2. The number of ether oxygens (including phenoxy) is 1. The van der Waals surface area contributed by atoms with Crippen LogP contribution in [0.3, 0.4) is 0 Å². The van der Waals surface area contributed by atoms with Gasteiger partial charge in [-0.1, -0.05) is 98.8 Å². The summed E-state index contributed by atoms with van der Waals surface area (Å²) in [6.45, 7) is 6.56. The third-order valence-electron chi connectivity index (χ3n) is 8.79. The minimum Gasteiger partial charge on any atom is -0.497 e. The van der Waals surface area contributed by atoms with Crippen molar-refractivity contribution in [2.75, 3.05) is 7.11 Å². The highest BCUT2D eigenvalue weighted by Gasteiger charge is 2.31. The predicted octanol–water partition coefficient (Wildman–Crippen LogP) is 8.76. The lowest BCUT2D eigenvalue weighted by Crippen LogP contribution is -2.33. The molecule has 0 fully saturated rings. The largest absolute Gasteiger partial charge is 0.497 e. The Labute approximate surface area is 281 Å². The summed E-state index contributed by atoms with van der Waals surface area (Å²) >= 11 is 0. The van der Waals surface area contributed by atoms with E-state index in [1.165, 1.54) is 12.1 Å². The van der Waals surface area contributed by atoms with E-state index in [2.05, 4.69) is 48.0 Å². The zero-order chi connectivity index (χ0) is 33.6. The molecule has 0 spiro atoms. The Balaban J connectivity index is 1.55. The lowest BCUT2D eigenvalue weighted by molar-refractivity contribution is -0.124. The zero-order valence-corrected chi connectivity index (χ0v) is 27.9. The van der Waals surface area contributed by atoms with Crippen LogP contribution in [0.2, 0.25) is 0 Å². The summed E-state index contributed by atoms with van der Waals surface area (Å²) in [5.74, 6) is 1.21. The second-order valence-electron chi connectivity index (χ2n) is 12.5. The van der Waals surface area contributed by atoms with Gasteiger partial charge in [0.15, 0.2) is 0 Å². The normalized spacial score (nSPS) is 12.0. The van der Waals surface area contributed by atoms with E-state index < -0.39 is 6.04 Å². The number of methoxy groups -OCH3 is 1. The first kappa shape index (κ1) is 32.6. The fourth-order valence-corrected chi connectivity index (χ4v) is 6.30. The monoisotopic (exact) mass is 640 g/mol. The van der Waals surface area contributed by atoms with Crippen LogP contribution < -0.4 is 10.1 Å². The van der Waals surface area contributed by atoms with Crippen molar-refractivity contribution in [3.63, 3.8) is 0 Å². The third kappa shape index (κ3) is 7.15. The van der Waals surface area contributed by atoms with Crippen molar-refractivity contribution in [1.82, 2.24) is 19.9 Å². The topological polar surface area (TPSA) is 69.0 Å². The Morgan fingerprint density at radius 3 is 2.12 bits per heavy atom. The van der Waals surface area contributed by atoms with Gasteiger partial charge in [-0.25, -0.2) is 14.4 Å². The molecule has 0 saturated carbocycles. The number of aromatic nitrogens is 3. The number of hydrogen-bond donors (Lipinski definition) is 1. The molecule has 4 aromatic carbocycles. The van der Waals surface area contributed by atoms with Gasteiger partial charge < -0.3 is 14.6 Å². The van der Waals surface area contributed by atoms with Gasteiger partial charge in [0.25, 0.3) is 0 Å². The van der Waals surface area contributed by atoms with Crippen LogP contribution in [0.25, 0.3) is 22.3 Å². The van der Waals surface area contributed by atoms with Gasteiger partial charge in [-0.3, -0.25) is 4.79 Å². The molecule has 0 aliphatic rings.